The van der Waals surface area contributed by atoms with Crippen LogP contribution < -0.4 is 0 Å². The van der Waals surface area contributed by atoms with E-state index >= 15 is 0 Å². The van der Waals surface area contributed by atoms with E-state index in [0.717, 1.165) is 18.6 Å². The predicted octanol–water partition coefficient (Wildman–Crippen LogP) is 3.98. The fraction of sp³-hybridized carbons (Fsp3) is 0.923. The van der Waals surface area contributed by atoms with Crippen LogP contribution in [0.2, 0.25) is 0 Å². The van der Waals surface area contributed by atoms with Gasteiger partial charge >= 0.3 is 5.97 Å². The Kier molecular flexibility index (Phi) is 7.84. The van der Waals surface area contributed by atoms with Gasteiger partial charge in [0.05, 0.1) is 11.4 Å². The molecule has 0 fully saturated rings. The molecule has 0 heterocycles. The molecule has 0 saturated heterocycles. The lowest BCUT2D eigenvalue weighted by molar-refractivity contribution is -0.153. The van der Waals surface area contributed by atoms with Crippen LogP contribution in [0.1, 0.15) is 53.9 Å². The number of ether oxygens (including phenoxy) is 1. The molecule has 0 radical (unpaired) electrons. The minimum absolute atomic E-state index is 0.142. The van der Waals surface area contributed by atoms with Crippen molar-refractivity contribution >= 4 is 17.7 Å². The third-order valence-corrected chi connectivity index (χ3v) is 3.32. The molecule has 0 spiro atoms. The second-order valence-electron chi connectivity index (χ2n) is 5.32. The first kappa shape index (κ1) is 16.8. The van der Waals surface area contributed by atoms with Gasteiger partial charge in [-0.25, -0.2) is 4.39 Å². The Balaban J connectivity index is 3.65. The molecule has 0 aliphatic rings. The first-order chi connectivity index (χ1) is 7.72. The summed E-state index contributed by atoms with van der Waals surface area (Å²) in [5, 5.41) is -0.142. The third-order valence-electron chi connectivity index (χ3n) is 2.10. The molecule has 0 aliphatic carbocycles. The molecular formula is C13H25FO2S. The zero-order valence-corrected chi connectivity index (χ0v) is 12.4. The molecule has 4 heteroatoms. The average molecular weight is 264 g/mol. The topological polar surface area (TPSA) is 26.3 Å². The van der Waals surface area contributed by atoms with Crippen LogP contribution in [0.15, 0.2) is 0 Å². The van der Waals surface area contributed by atoms with Gasteiger partial charge in [-0.3, -0.25) is 4.79 Å². The maximum atomic E-state index is 12.5. The number of alkyl halides is 1. The summed E-state index contributed by atoms with van der Waals surface area (Å²) < 4.78 is 17.8. The van der Waals surface area contributed by atoms with Crippen LogP contribution >= 0.6 is 11.8 Å². The van der Waals surface area contributed by atoms with E-state index in [-0.39, 0.29) is 11.2 Å². The van der Waals surface area contributed by atoms with Gasteiger partial charge in [0.15, 0.2) is 0 Å². The van der Waals surface area contributed by atoms with Gasteiger partial charge in [-0.05, 0) is 59.6 Å². The number of rotatable bonds is 7. The summed E-state index contributed by atoms with van der Waals surface area (Å²) in [6.07, 6.45) is 1.72. The van der Waals surface area contributed by atoms with E-state index in [1.165, 1.54) is 0 Å². The van der Waals surface area contributed by atoms with Crippen molar-refractivity contribution in [2.24, 2.45) is 0 Å². The van der Waals surface area contributed by atoms with E-state index in [1.54, 1.807) is 18.7 Å². The van der Waals surface area contributed by atoms with E-state index in [1.807, 2.05) is 27.7 Å². The highest BCUT2D eigenvalue weighted by Gasteiger charge is 2.21. The molecule has 0 aromatic carbocycles. The zero-order valence-electron chi connectivity index (χ0n) is 11.6. The van der Waals surface area contributed by atoms with Crippen molar-refractivity contribution in [3.8, 4) is 0 Å². The van der Waals surface area contributed by atoms with Crippen molar-refractivity contribution < 1.29 is 13.9 Å². The molecule has 2 nitrogen and oxygen atoms in total. The van der Waals surface area contributed by atoms with Gasteiger partial charge in [0.1, 0.15) is 5.60 Å². The largest absolute Gasteiger partial charge is 0.459 e. The lowest BCUT2D eigenvalue weighted by Gasteiger charge is -2.22. The zero-order chi connectivity index (χ0) is 13.5. The molecule has 0 N–H and O–H groups in total. The summed E-state index contributed by atoms with van der Waals surface area (Å²) in [5.74, 6) is 0.717. The Morgan fingerprint density at radius 2 is 1.88 bits per heavy atom. The molecule has 0 aromatic rings. The summed E-state index contributed by atoms with van der Waals surface area (Å²) in [7, 11) is 0. The Morgan fingerprint density at radius 3 is 2.35 bits per heavy atom. The minimum atomic E-state index is -0.719. The standard InChI is InChI=1S/C13H25FO2S/c1-10(14)8-6-7-9-17-11(2)12(15)16-13(3,4)5/h10-11H,6-9H2,1-5H3. The molecule has 0 aliphatic heterocycles. The van der Waals surface area contributed by atoms with Crippen LogP contribution in [0.25, 0.3) is 0 Å². The van der Waals surface area contributed by atoms with Crippen molar-refractivity contribution in [2.45, 2.75) is 70.9 Å². The fourth-order valence-corrected chi connectivity index (χ4v) is 2.15. The Labute approximate surface area is 109 Å². The molecule has 0 bridgehead atoms. The smallest absolute Gasteiger partial charge is 0.319 e. The van der Waals surface area contributed by atoms with Gasteiger partial charge in [0.2, 0.25) is 0 Å². The van der Waals surface area contributed by atoms with Crippen molar-refractivity contribution in [2.75, 3.05) is 5.75 Å². The SMILES string of the molecule is CC(F)CCCCSC(C)C(=O)OC(C)(C)C. The fourth-order valence-electron chi connectivity index (χ4n) is 1.24. The maximum absolute atomic E-state index is 12.5. The molecule has 0 aromatic heterocycles. The molecule has 0 amide bonds. The molecule has 102 valence electrons. The summed E-state index contributed by atoms with van der Waals surface area (Å²) in [6, 6.07) is 0. The van der Waals surface area contributed by atoms with E-state index in [2.05, 4.69) is 0 Å². The van der Waals surface area contributed by atoms with Crippen LogP contribution in [0.3, 0.4) is 0 Å². The first-order valence-electron chi connectivity index (χ1n) is 6.21. The average Bonchev–Trinajstić information content (AvgIpc) is 2.13. The Morgan fingerprint density at radius 1 is 1.29 bits per heavy atom. The molecule has 0 rings (SSSR count). The van der Waals surface area contributed by atoms with Gasteiger partial charge < -0.3 is 4.74 Å². The number of carbonyl (C=O) groups excluding carboxylic acids is 1. The lowest BCUT2D eigenvalue weighted by Crippen LogP contribution is -2.29. The van der Waals surface area contributed by atoms with E-state index < -0.39 is 11.8 Å². The van der Waals surface area contributed by atoms with Gasteiger partial charge in [-0.1, -0.05) is 0 Å². The number of halogens is 1. The van der Waals surface area contributed by atoms with Crippen LogP contribution in [0.4, 0.5) is 4.39 Å². The number of carbonyl (C=O) groups is 1. The summed E-state index contributed by atoms with van der Waals surface area (Å²) in [5.41, 5.74) is -0.421. The van der Waals surface area contributed by atoms with Gasteiger partial charge in [-0.15, -0.1) is 11.8 Å². The van der Waals surface area contributed by atoms with Crippen molar-refractivity contribution in [3.63, 3.8) is 0 Å². The number of esters is 1. The third kappa shape index (κ3) is 10.6. The normalized spacial score (nSPS) is 15.4. The first-order valence-corrected chi connectivity index (χ1v) is 7.26. The van der Waals surface area contributed by atoms with E-state index in [0.29, 0.717) is 6.42 Å². The summed E-state index contributed by atoms with van der Waals surface area (Å²) in [6.45, 7) is 9.04. The molecule has 17 heavy (non-hydrogen) atoms. The number of hydrogen-bond donors (Lipinski definition) is 0. The minimum Gasteiger partial charge on any atom is -0.459 e. The van der Waals surface area contributed by atoms with Crippen molar-refractivity contribution in [1.82, 2.24) is 0 Å². The van der Waals surface area contributed by atoms with E-state index in [9.17, 15) is 9.18 Å². The van der Waals surface area contributed by atoms with Crippen LogP contribution in [0, 0.1) is 0 Å². The van der Waals surface area contributed by atoms with Gasteiger partial charge in [-0.2, -0.15) is 0 Å². The lowest BCUT2D eigenvalue weighted by atomic mass is 10.2. The van der Waals surface area contributed by atoms with Crippen molar-refractivity contribution in [1.29, 1.82) is 0 Å². The highest BCUT2D eigenvalue weighted by Crippen LogP contribution is 2.18. The van der Waals surface area contributed by atoms with Crippen molar-refractivity contribution in [3.05, 3.63) is 0 Å². The van der Waals surface area contributed by atoms with E-state index in [4.69, 9.17) is 4.74 Å². The molecule has 0 saturated carbocycles. The summed E-state index contributed by atoms with van der Waals surface area (Å²) >= 11 is 1.58. The number of hydrogen-bond acceptors (Lipinski definition) is 3. The predicted molar refractivity (Wildman–Crippen MR) is 72.2 cm³/mol. The highest BCUT2D eigenvalue weighted by molar-refractivity contribution is 8.00. The van der Waals surface area contributed by atoms with Crippen LogP contribution in [-0.4, -0.2) is 28.7 Å². The maximum Gasteiger partial charge on any atom is 0.319 e. The second-order valence-corrected chi connectivity index (χ2v) is 6.77. The molecule has 2 atom stereocenters. The van der Waals surface area contributed by atoms with Gasteiger partial charge in [0.25, 0.3) is 0 Å². The van der Waals surface area contributed by atoms with Crippen LogP contribution in [0.5, 0.6) is 0 Å². The van der Waals surface area contributed by atoms with Crippen LogP contribution in [-0.2, 0) is 9.53 Å². The van der Waals surface area contributed by atoms with Gasteiger partial charge in [0, 0.05) is 0 Å². The Bertz CT molecular complexity index is 224. The second kappa shape index (κ2) is 7.96. The molecule has 2 unspecified atom stereocenters. The number of thioether (sulfide) groups is 1. The number of unbranched alkanes of at least 4 members (excludes halogenated alkanes) is 1. The Hall–Kier alpha value is -0.250. The monoisotopic (exact) mass is 264 g/mol. The molecular weight excluding hydrogens is 239 g/mol. The quantitative estimate of drug-likeness (QED) is 0.514. The highest BCUT2D eigenvalue weighted by atomic mass is 32.2. The summed E-state index contributed by atoms with van der Waals surface area (Å²) in [4.78, 5) is 11.6.